The minimum Gasteiger partial charge on any atom is -0.455 e. The average molecular weight is 270 g/mol. The Morgan fingerprint density at radius 3 is 2.30 bits per heavy atom. The molecule has 0 aliphatic heterocycles. The summed E-state index contributed by atoms with van der Waals surface area (Å²) in [6, 6.07) is 8.85. The predicted molar refractivity (Wildman–Crippen MR) is 80.1 cm³/mol. The zero-order chi connectivity index (χ0) is 14.9. The molecule has 0 heterocycles. The van der Waals surface area contributed by atoms with Gasteiger partial charge in [0, 0.05) is 5.56 Å². The summed E-state index contributed by atoms with van der Waals surface area (Å²) in [6.07, 6.45) is 0. The molecule has 0 bridgehead atoms. The molecule has 20 heavy (non-hydrogen) atoms. The van der Waals surface area contributed by atoms with Crippen molar-refractivity contribution in [2.75, 3.05) is 5.73 Å². The number of hydrogen-bond acceptors (Lipinski definition) is 3. The lowest BCUT2D eigenvalue weighted by Crippen LogP contribution is -2.11. The number of carbonyl (C=O) groups excluding carboxylic acids is 1. The molecule has 0 fully saturated rings. The van der Waals surface area contributed by atoms with E-state index in [9.17, 15) is 4.79 Å². The summed E-state index contributed by atoms with van der Waals surface area (Å²) in [7, 11) is 0. The second kappa shape index (κ2) is 5.25. The van der Waals surface area contributed by atoms with Crippen molar-refractivity contribution in [3.63, 3.8) is 0 Å². The zero-order valence-corrected chi connectivity index (χ0v) is 11.9. The molecule has 2 aromatic rings. The number of aryl methyl sites for hydroxylation is 2. The summed E-state index contributed by atoms with van der Waals surface area (Å²) in [6.45, 7) is 6.02. The molecule has 0 unspecified atom stereocenters. The van der Waals surface area contributed by atoms with Gasteiger partial charge in [-0.15, -0.1) is 0 Å². The average Bonchev–Trinajstić information content (AvgIpc) is 2.40. The summed E-state index contributed by atoms with van der Waals surface area (Å²) in [5.74, 6) is 0.807. The summed E-state index contributed by atoms with van der Waals surface area (Å²) < 4.78 is 5.91. The maximum absolute atomic E-state index is 11.1. The Morgan fingerprint density at radius 2 is 1.70 bits per heavy atom. The van der Waals surface area contributed by atoms with Crippen LogP contribution in [0.5, 0.6) is 11.5 Å². The summed E-state index contributed by atoms with van der Waals surface area (Å²) in [5, 5.41) is 0. The number of nitrogen functional groups attached to an aromatic ring is 1. The van der Waals surface area contributed by atoms with Crippen LogP contribution in [0.1, 0.15) is 27.0 Å². The van der Waals surface area contributed by atoms with Crippen molar-refractivity contribution in [2.45, 2.75) is 20.8 Å². The van der Waals surface area contributed by atoms with Crippen LogP contribution < -0.4 is 16.2 Å². The van der Waals surface area contributed by atoms with Crippen molar-refractivity contribution in [3.8, 4) is 11.5 Å². The minimum absolute atomic E-state index is 0.368. The molecule has 4 heteroatoms. The van der Waals surface area contributed by atoms with Gasteiger partial charge in [-0.2, -0.15) is 0 Å². The number of benzene rings is 2. The van der Waals surface area contributed by atoms with Gasteiger partial charge < -0.3 is 16.2 Å². The van der Waals surface area contributed by atoms with Crippen LogP contribution in [-0.2, 0) is 0 Å². The van der Waals surface area contributed by atoms with Gasteiger partial charge in [0.05, 0.1) is 5.69 Å². The third-order valence-corrected chi connectivity index (χ3v) is 3.38. The molecule has 0 spiro atoms. The van der Waals surface area contributed by atoms with Crippen LogP contribution in [0, 0.1) is 20.8 Å². The normalized spacial score (nSPS) is 10.3. The van der Waals surface area contributed by atoms with E-state index in [1.165, 1.54) is 6.07 Å². The van der Waals surface area contributed by atoms with Crippen LogP contribution in [0.25, 0.3) is 0 Å². The molecular weight excluding hydrogens is 252 g/mol. The highest BCUT2D eigenvalue weighted by atomic mass is 16.5. The highest BCUT2D eigenvalue weighted by Gasteiger charge is 2.11. The van der Waals surface area contributed by atoms with E-state index in [0.717, 1.165) is 22.4 Å². The molecular formula is C16H18N2O2. The van der Waals surface area contributed by atoms with Gasteiger partial charge in [0.1, 0.15) is 11.5 Å². The van der Waals surface area contributed by atoms with Gasteiger partial charge >= 0.3 is 0 Å². The Labute approximate surface area is 118 Å². The Bertz CT molecular complexity index is 678. The molecule has 0 radical (unpaired) electrons. The Morgan fingerprint density at radius 1 is 1.05 bits per heavy atom. The lowest BCUT2D eigenvalue weighted by Gasteiger charge is -2.15. The summed E-state index contributed by atoms with van der Waals surface area (Å²) in [5.41, 5.74) is 15.1. The molecule has 4 N–H and O–H groups in total. The molecule has 0 saturated heterocycles. The lowest BCUT2D eigenvalue weighted by molar-refractivity contribution is 0.100. The monoisotopic (exact) mass is 270 g/mol. The minimum atomic E-state index is -0.508. The van der Waals surface area contributed by atoms with Gasteiger partial charge in [-0.3, -0.25) is 4.79 Å². The standard InChI is InChI=1S/C16H18N2O2/c1-9-4-5-10(2)15(11(9)3)20-14-7-6-12(16(18)19)8-13(14)17/h4-8H,17H2,1-3H3,(H2,18,19). The molecule has 104 valence electrons. The molecule has 0 saturated carbocycles. The van der Waals surface area contributed by atoms with Crippen molar-refractivity contribution >= 4 is 11.6 Å². The number of amides is 1. The number of primary amides is 1. The fraction of sp³-hybridized carbons (Fsp3) is 0.188. The van der Waals surface area contributed by atoms with Gasteiger partial charge in [0.2, 0.25) is 5.91 Å². The van der Waals surface area contributed by atoms with E-state index in [1.807, 2.05) is 26.8 Å². The molecule has 2 rings (SSSR count). The second-order valence-electron chi connectivity index (χ2n) is 4.87. The molecule has 0 aromatic heterocycles. The largest absolute Gasteiger partial charge is 0.455 e. The third-order valence-electron chi connectivity index (χ3n) is 3.38. The Hall–Kier alpha value is -2.49. The van der Waals surface area contributed by atoms with Gasteiger partial charge in [-0.1, -0.05) is 12.1 Å². The maximum Gasteiger partial charge on any atom is 0.248 e. The van der Waals surface area contributed by atoms with E-state index in [2.05, 4.69) is 6.07 Å². The highest BCUT2D eigenvalue weighted by Crippen LogP contribution is 2.33. The predicted octanol–water partition coefficient (Wildman–Crippen LogP) is 3.09. The summed E-state index contributed by atoms with van der Waals surface area (Å²) >= 11 is 0. The van der Waals surface area contributed by atoms with Crippen LogP contribution in [0.3, 0.4) is 0 Å². The second-order valence-corrected chi connectivity index (χ2v) is 4.87. The summed E-state index contributed by atoms with van der Waals surface area (Å²) in [4.78, 5) is 11.1. The first-order valence-electron chi connectivity index (χ1n) is 6.34. The molecule has 0 aliphatic rings. The van der Waals surface area contributed by atoms with Crippen molar-refractivity contribution < 1.29 is 9.53 Å². The fourth-order valence-electron chi connectivity index (χ4n) is 1.99. The van der Waals surface area contributed by atoms with Crippen molar-refractivity contribution in [2.24, 2.45) is 5.73 Å². The third kappa shape index (κ3) is 2.59. The fourth-order valence-corrected chi connectivity index (χ4v) is 1.99. The van der Waals surface area contributed by atoms with E-state index in [1.54, 1.807) is 12.1 Å². The Balaban J connectivity index is 2.41. The van der Waals surface area contributed by atoms with E-state index < -0.39 is 5.91 Å². The quantitative estimate of drug-likeness (QED) is 0.841. The van der Waals surface area contributed by atoms with Gasteiger partial charge in [-0.25, -0.2) is 0 Å². The molecule has 0 aliphatic carbocycles. The first-order valence-corrected chi connectivity index (χ1v) is 6.34. The lowest BCUT2D eigenvalue weighted by atomic mass is 10.1. The molecule has 0 atom stereocenters. The van der Waals surface area contributed by atoms with Crippen LogP contribution in [0.2, 0.25) is 0 Å². The van der Waals surface area contributed by atoms with E-state index in [4.69, 9.17) is 16.2 Å². The van der Waals surface area contributed by atoms with E-state index >= 15 is 0 Å². The number of ether oxygens (including phenoxy) is 1. The maximum atomic E-state index is 11.1. The van der Waals surface area contributed by atoms with Crippen LogP contribution in [0.15, 0.2) is 30.3 Å². The Kier molecular flexibility index (Phi) is 3.66. The van der Waals surface area contributed by atoms with Gasteiger partial charge in [0.25, 0.3) is 0 Å². The van der Waals surface area contributed by atoms with Crippen molar-refractivity contribution in [3.05, 3.63) is 52.6 Å². The van der Waals surface area contributed by atoms with Crippen molar-refractivity contribution in [1.29, 1.82) is 0 Å². The number of rotatable bonds is 3. The van der Waals surface area contributed by atoms with Gasteiger partial charge in [-0.05, 0) is 55.7 Å². The number of carbonyl (C=O) groups is 1. The molecule has 1 amide bonds. The SMILES string of the molecule is Cc1ccc(C)c(Oc2ccc(C(N)=O)cc2N)c1C. The van der Waals surface area contributed by atoms with Gasteiger partial charge in [0.15, 0.2) is 0 Å². The topological polar surface area (TPSA) is 78.3 Å². The van der Waals surface area contributed by atoms with Crippen molar-refractivity contribution in [1.82, 2.24) is 0 Å². The number of anilines is 1. The van der Waals surface area contributed by atoms with E-state index in [0.29, 0.717) is 17.0 Å². The zero-order valence-electron chi connectivity index (χ0n) is 11.9. The number of nitrogens with two attached hydrogens (primary N) is 2. The van der Waals surface area contributed by atoms with Crippen LogP contribution in [0.4, 0.5) is 5.69 Å². The first-order chi connectivity index (χ1) is 9.40. The molecule has 4 nitrogen and oxygen atoms in total. The van der Waals surface area contributed by atoms with E-state index in [-0.39, 0.29) is 0 Å². The van der Waals surface area contributed by atoms with Crippen LogP contribution in [-0.4, -0.2) is 5.91 Å². The number of hydrogen-bond donors (Lipinski definition) is 2. The smallest absolute Gasteiger partial charge is 0.248 e. The first kappa shape index (κ1) is 13.9. The highest BCUT2D eigenvalue weighted by molar-refractivity contribution is 5.94. The molecule has 2 aromatic carbocycles. The van der Waals surface area contributed by atoms with Crippen LogP contribution >= 0.6 is 0 Å².